The molecule has 0 aromatic heterocycles. The Hall–Kier alpha value is -2.87. The van der Waals surface area contributed by atoms with Crippen molar-refractivity contribution >= 4 is 29.3 Å². The average Bonchev–Trinajstić information content (AvgIpc) is 2.71. The highest BCUT2D eigenvalue weighted by Gasteiger charge is 2.17. The highest BCUT2D eigenvalue weighted by Crippen LogP contribution is 2.29. The zero-order valence-corrected chi connectivity index (χ0v) is 16.3. The molecule has 0 spiro atoms. The number of carbonyl (C=O) groups is 2. The number of amides is 1. The van der Waals surface area contributed by atoms with E-state index < -0.39 is 18.5 Å². The molecule has 0 atom stereocenters. The fourth-order valence-corrected chi connectivity index (χ4v) is 2.69. The van der Waals surface area contributed by atoms with Crippen molar-refractivity contribution in [1.29, 1.82) is 0 Å². The Morgan fingerprint density at radius 3 is 2.33 bits per heavy atom. The second kappa shape index (κ2) is 9.72. The first-order chi connectivity index (χ1) is 13.0. The number of nitrogens with one attached hydrogen (secondary N) is 1. The smallest absolute Gasteiger partial charge is 0.342 e. The summed E-state index contributed by atoms with van der Waals surface area (Å²) in [6, 6.07) is 10.1. The van der Waals surface area contributed by atoms with E-state index in [1.807, 2.05) is 6.26 Å². The van der Waals surface area contributed by atoms with Gasteiger partial charge in [-0.15, -0.1) is 11.8 Å². The number of carbonyl (C=O) groups excluding carboxylic acids is 2. The van der Waals surface area contributed by atoms with E-state index in [1.165, 1.54) is 33.1 Å². The molecule has 2 aromatic carbocycles. The molecule has 7 nitrogen and oxygen atoms in total. The summed E-state index contributed by atoms with van der Waals surface area (Å²) < 4.78 is 20.6. The lowest BCUT2D eigenvalue weighted by Gasteiger charge is -2.12. The van der Waals surface area contributed by atoms with Crippen LogP contribution in [0, 0.1) is 0 Å². The van der Waals surface area contributed by atoms with Gasteiger partial charge in [0.15, 0.2) is 6.61 Å². The summed E-state index contributed by atoms with van der Waals surface area (Å²) in [5, 5.41) is 2.64. The summed E-state index contributed by atoms with van der Waals surface area (Å²) >= 11 is 1.53. The molecule has 0 aliphatic carbocycles. The van der Waals surface area contributed by atoms with Crippen molar-refractivity contribution in [3.05, 3.63) is 42.0 Å². The minimum atomic E-state index is -0.642. The number of hydrogen-bond donors (Lipinski definition) is 1. The van der Waals surface area contributed by atoms with Gasteiger partial charge in [-0.2, -0.15) is 0 Å². The van der Waals surface area contributed by atoms with Gasteiger partial charge in [0.2, 0.25) is 0 Å². The monoisotopic (exact) mass is 391 g/mol. The van der Waals surface area contributed by atoms with Gasteiger partial charge < -0.3 is 24.3 Å². The number of benzene rings is 2. The summed E-state index contributed by atoms with van der Waals surface area (Å²) in [6.07, 6.45) is 1.92. The fourth-order valence-electron chi connectivity index (χ4n) is 2.26. The second-order valence-electron chi connectivity index (χ2n) is 5.26. The molecule has 0 bridgehead atoms. The quantitative estimate of drug-likeness (QED) is 0.546. The van der Waals surface area contributed by atoms with Crippen LogP contribution in [0.3, 0.4) is 0 Å². The van der Waals surface area contributed by atoms with Gasteiger partial charge in [-0.3, -0.25) is 4.79 Å². The SMILES string of the molecule is COc1ccc(NC(=O)COC(=O)c2ccc(SC)cc2OC)c(OC)c1. The average molecular weight is 391 g/mol. The topological polar surface area (TPSA) is 83.1 Å². The van der Waals surface area contributed by atoms with Crippen molar-refractivity contribution in [1.82, 2.24) is 0 Å². The predicted octanol–water partition coefficient (Wildman–Crippen LogP) is 3.23. The van der Waals surface area contributed by atoms with Crippen LogP contribution in [0.4, 0.5) is 5.69 Å². The molecule has 144 valence electrons. The highest BCUT2D eigenvalue weighted by atomic mass is 32.2. The van der Waals surface area contributed by atoms with Crippen LogP contribution >= 0.6 is 11.8 Å². The minimum Gasteiger partial charge on any atom is -0.497 e. The number of anilines is 1. The summed E-state index contributed by atoms with van der Waals surface area (Å²) in [7, 11) is 4.49. The first-order valence-electron chi connectivity index (χ1n) is 7.93. The normalized spacial score (nSPS) is 10.1. The molecule has 0 fully saturated rings. The van der Waals surface area contributed by atoms with Crippen LogP contribution in [-0.4, -0.2) is 46.1 Å². The van der Waals surface area contributed by atoms with Crippen molar-refractivity contribution in [3.63, 3.8) is 0 Å². The van der Waals surface area contributed by atoms with Gasteiger partial charge in [-0.1, -0.05) is 0 Å². The molecule has 1 amide bonds. The molecule has 0 aliphatic heterocycles. The third-order valence-corrected chi connectivity index (χ3v) is 4.37. The van der Waals surface area contributed by atoms with E-state index in [4.69, 9.17) is 18.9 Å². The van der Waals surface area contributed by atoms with E-state index in [1.54, 1.807) is 36.4 Å². The molecular weight excluding hydrogens is 370 g/mol. The fraction of sp³-hybridized carbons (Fsp3) is 0.263. The largest absolute Gasteiger partial charge is 0.497 e. The minimum absolute atomic E-state index is 0.255. The first kappa shape index (κ1) is 20.4. The summed E-state index contributed by atoms with van der Waals surface area (Å²) in [5.74, 6) is 0.285. The molecule has 8 heteroatoms. The second-order valence-corrected chi connectivity index (χ2v) is 6.14. The number of rotatable bonds is 8. The lowest BCUT2D eigenvalue weighted by atomic mass is 10.2. The van der Waals surface area contributed by atoms with E-state index in [-0.39, 0.29) is 5.56 Å². The number of methoxy groups -OCH3 is 3. The van der Waals surface area contributed by atoms with Crippen molar-refractivity contribution in [3.8, 4) is 17.2 Å². The van der Waals surface area contributed by atoms with E-state index in [0.717, 1.165) is 4.90 Å². The van der Waals surface area contributed by atoms with E-state index in [0.29, 0.717) is 22.9 Å². The lowest BCUT2D eigenvalue weighted by molar-refractivity contribution is -0.119. The highest BCUT2D eigenvalue weighted by molar-refractivity contribution is 7.98. The van der Waals surface area contributed by atoms with Crippen molar-refractivity contribution in [2.24, 2.45) is 0 Å². The first-order valence-corrected chi connectivity index (χ1v) is 9.15. The molecule has 2 rings (SSSR count). The Kier molecular flexibility index (Phi) is 7.36. The lowest BCUT2D eigenvalue weighted by Crippen LogP contribution is -2.21. The standard InChI is InChI=1S/C19H21NO6S/c1-23-12-5-8-15(17(9-12)25-3)20-18(21)11-26-19(22)14-7-6-13(27-4)10-16(14)24-2/h5-10H,11H2,1-4H3,(H,20,21). The Morgan fingerprint density at radius 1 is 0.963 bits per heavy atom. The van der Waals surface area contributed by atoms with Gasteiger partial charge >= 0.3 is 5.97 Å². The maximum Gasteiger partial charge on any atom is 0.342 e. The summed E-state index contributed by atoms with van der Waals surface area (Å²) in [6.45, 7) is -0.443. The third kappa shape index (κ3) is 5.30. The van der Waals surface area contributed by atoms with Crippen LogP contribution < -0.4 is 19.5 Å². The maximum absolute atomic E-state index is 12.3. The zero-order chi connectivity index (χ0) is 19.8. The Balaban J connectivity index is 2.00. The Bertz CT molecular complexity index is 824. The molecule has 0 aliphatic rings. The van der Waals surface area contributed by atoms with Crippen LogP contribution in [0.2, 0.25) is 0 Å². The van der Waals surface area contributed by atoms with Gasteiger partial charge in [0, 0.05) is 11.0 Å². The predicted molar refractivity (Wildman–Crippen MR) is 103 cm³/mol. The van der Waals surface area contributed by atoms with Crippen molar-refractivity contribution in [2.45, 2.75) is 4.90 Å². The summed E-state index contributed by atoms with van der Waals surface area (Å²) in [5.41, 5.74) is 0.700. The molecule has 0 saturated heterocycles. The van der Waals surface area contributed by atoms with Gasteiger partial charge in [-0.25, -0.2) is 4.79 Å². The van der Waals surface area contributed by atoms with Crippen LogP contribution in [-0.2, 0) is 9.53 Å². The van der Waals surface area contributed by atoms with E-state index in [2.05, 4.69) is 5.32 Å². The van der Waals surface area contributed by atoms with Crippen molar-refractivity contribution in [2.75, 3.05) is 39.5 Å². The van der Waals surface area contributed by atoms with Crippen LogP contribution in [0.1, 0.15) is 10.4 Å². The molecule has 0 saturated carbocycles. The number of esters is 1. The van der Waals surface area contributed by atoms with E-state index >= 15 is 0 Å². The van der Waals surface area contributed by atoms with E-state index in [9.17, 15) is 9.59 Å². The van der Waals surface area contributed by atoms with Crippen LogP contribution in [0.15, 0.2) is 41.3 Å². The Morgan fingerprint density at radius 2 is 1.70 bits per heavy atom. The van der Waals surface area contributed by atoms with Crippen LogP contribution in [0.25, 0.3) is 0 Å². The van der Waals surface area contributed by atoms with Gasteiger partial charge in [0.1, 0.15) is 22.8 Å². The number of thioether (sulfide) groups is 1. The summed E-state index contributed by atoms with van der Waals surface area (Å²) in [4.78, 5) is 25.3. The van der Waals surface area contributed by atoms with Gasteiger partial charge in [-0.05, 0) is 36.6 Å². The molecule has 0 unspecified atom stereocenters. The maximum atomic E-state index is 12.3. The van der Waals surface area contributed by atoms with Crippen LogP contribution in [0.5, 0.6) is 17.2 Å². The Labute approximate surface area is 161 Å². The zero-order valence-electron chi connectivity index (χ0n) is 15.5. The van der Waals surface area contributed by atoms with Crippen molar-refractivity contribution < 1.29 is 28.5 Å². The number of ether oxygens (including phenoxy) is 4. The molecule has 2 aromatic rings. The molecule has 1 N–H and O–H groups in total. The van der Waals surface area contributed by atoms with Gasteiger partial charge in [0.05, 0.1) is 27.0 Å². The molecule has 0 heterocycles. The molecule has 0 radical (unpaired) electrons. The molecule has 27 heavy (non-hydrogen) atoms. The number of hydrogen-bond acceptors (Lipinski definition) is 7. The molecular formula is C19H21NO6S. The third-order valence-electron chi connectivity index (χ3n) is 3.65. The van der Waals surface area contributed by atoms with Gasteiger partial charge in [0.25, 0.3) is 5.91 Å².